The second-order valence-corrected chi connectivity index (χ2v) is 7.61. The van der Waals surface area contributed by atoms with E-state index in [1.165, 1.54) is 4.90 Å². The number of carboxylic acid groups (broad SMARTS) is 1. The van der Waals surface area contributed by atoms with Crippen LogP contribution in [0.2, 0.25) is 0 Å². The fraction of sp³-hybridized carbons (Fsp3) is 0.409. The molecule has 0 aromatic heterocycles. The van der Waals surface area contributed by atoms with Crippen LogP contribution in [0.25, 0.3) is 10.8 Å². The average Bonchev–Trinajstić information content (AvgIpc) is 2.65. The standard InChI is InChI=1S/C22H28N2O4/c1-14(2)20(21(26)24(4)13-15(3)22(27)28)23-19(25)12-16-9-10-17-7-5-6-8-18(17)11-16/h5-11,14-15,20H,12-13H2,1-4H3,(H,23,25)(H,27,28). The van der Waals surface area contributed by atoms with E-state index < -0.39 is 17.9 Å². The SMILES string of the molecule is CC(CN(C)C(=O)C(NC(=O)Cc1ccc2ccccc2c1)C(C)C)C(=O)O. The van der Waals surface area contributed by atoms with Gasteiger partial charge in [-0.2, -0.15) is 0 Å². The van der Waals surface area contributed by atoms with E-state index in [0.29, 0.717) is 0 Å². The third-order valence-corrected chi connectivity index (χ3v) is 4.77. The van der Waals surface area contributed by atoms with Gasteiger partial charge in [-0.3, -0.25) is 14.4 Å². The van der Waals surface area contributed by atoms with Gasteiger partial charge in [0.05, 0.1) is 12.3 Å². The van der Waals surface area contributed by atoms with Gasteiger partial charge in [0.25, 0.3) is 0 Å². The summed E-state index contributed by atoms with van der Waals surface area (Å²) in [6, 6.07) is 13.1. The molecule has 0 bridgehead atoms. The Morgan fingerprint density at radius 3 is 2.29 bits per heavy atom. The van der Waals surface area contributed by atoms with Gasteiger partial charge in [0.15, 0.2) is 0 Å². The minimum absolute atomic E-state index is 0.0952. The van der Waals surface area contributed by atoms with Crippen LogP contribution >= 0.6 is 0 Å². The van der Waals surface area contributed by atoms with Gasteiger partial charge in [-0.25, -0.2) is 0 Å². The van der Waals surface area contributed by atoms with E-state index in [2.05, 4.69) is 5.32 Å². The molecule has 2 atom stereocenters. The van der Waals surface area contributed by atoms with E-state index in [4.69, 9.17) is 5.11 Å². The van der Waals surface area contributed by atoms with Crippen molar-refractivity contribution in [3.63, 3.8) is 0 Å². The monoisotopic (exact) mass is 384 g/mol. The Bertz CT molecular complexity index is 862. The molecule has 2 aromatic carbocycles. The molecule has 0 aliphatic heterocycles. The molecule has 0 aliphatic carbocycles. The van der Waals surface area contributed by atoms with Crippen molar-refractivity contribution in [3.8, 4) is 0 Å². The van der Waals surface area contributed by atoms with Crippen molar-refractivity contribution in [2.75, 3.05) is 13.6 Å². The molecule has 0 aliphatic rings. The smallest absolute Gasteiger partial charge is 0.308 e. The second-order valence-electron chi connectivity index (χ2n) is 7.61. The number of amides is 2. The molecule has 2 amide bonds. The zero-order valence-corrected chi connectivity index (χ0v) is 16.8. The molecule has 0 spiro atoms. The highest BCUT2D eigenvalue weighted by molar-refractivity contribution is 5.90. The molecule has 0 fully saturated rings. The molecule has 6 heteroatoms. The molecule has 0 saturated heterocycles. The Balaban J connectivity index is 2.04. The molecular formula is C22H28N2O4. The van der Waals surface area contributed by atoms with Crippen LogP contribution < -0.4 is 5.32 Å². The van der Waals surface area contributed by atoms with Gasteiger partial charge in [0.2, 0.25) is 11.8 Å². The molecule has 2 unspecified atom stereocenters. The summed E-state index contributed by atoms with van der Waals surface area (Å²) in [4.78, 5) is 37.7. The topological polar surface area (TPSA) is 86.7 Å². The summed E-state index contributed by atoms with van der Waals surface area (Å²) < 4.78 is 0. The van der Waals surface area contributed by atoms with Crippen LogP contribution in [-0.4, -0.2) is 47.4 Å². The summed E-state index contributed by atoms with van der Waals surface area (Å²) in [5.41, 5.74) is 0.874. The lowest BCUT2D eigenvalue weighted by molar-refractivity contribution is -0.143. The summed E-state index contributed by atoms with van der Waals surface area (Å²) >= 11 is 0. The average molecular weight is 384 g/mol. The second kappa shape index (κ2) is 9.35. The molecule has 2 aromatic rings. The quantitative estimate of drug-likeness (QED) is 0.733. The first-order chi connectivity index (χ1) is 13.2. The fourth-order valence-corrected chi connectivity index (χ4v) is 3.09. The third kappa shape index (κ3) is 5.55. The predicted molar refractivity (Wildman–Crippen MR) is 109 cm³/mol. The minimum Gasteiger partial charge on any atom is -0.481 e. The maximum absolute atomic E-state index is 12.7. The van der Waals surface area contributed by atoms with Gasteiger partial charge in [-0.1, -0.05) is 63.2 Å². The third-order valence-electron chi connectivity index (χ3n) is 4.77. The number of aliphatic carboxylic acids is 1. The van der Waals surface area contributed by atoms with Gasteiger partial charge in [-0.05, 0) is 22.3 Å². The molecule has 0 heterocycles. The molecule has 0 radical (unpaired) electrons. The van der Waals surface area contributed by atoms with E-state index in [1.807, 2.05) is 56.3 Å². The number of rotatable bonds is 8. The first-order valence-corrected chi connectivity index (χ1v) is 9.44. The molecule has 2 N–H and O–H groups in total. The van der Waals surface area contributed by atoms with Gasteiger partial charge in [0, 0.05) is 13.6 Å². The van der Waals surface area contributed by atoms with Gasteiger partial charge < -0.3 is 15.3 Å². The molecule has 6 nitrogen and oxygen atoms in total. The summed E-state index contributed by atoms with van der Waals surface area (Å²) in [5, 5.41) is 14.0. The number of nitrogens with one attached hydrogen (secondary N) is 1. The number of carbonyl (C=O) groups is 3. The number of likely N-dealkylation sites (N-methyl/N-ethyl adjacent to an activating group) is 1. The number of hydrogen-bond acceptors (Lipinski definition) is 3. The van der Waals surface area contributed by atoms with Crippen molar-refractivity contribution >= 4 is 28.6 Å². The van der Waals surface area contributed by atoms with Crippen molar-refractivity contribution in [2.45, 2.75) is 33.2 Å². The Morgan fingerprint density at radius 2 is 1.68 bits per heavy atom. The van der Waals surface area contributed by atoms with Crippen LogP contribution in [0.5, 0.6) is 0 Å². The van der Waals surface area contributed by atoms with E-state index in [-0.39, 0.29) is 30.7 Å². The van der Waals surface area contributed by atoms with Crippen molar-refractivity contribution in [3.05, 3.63) is 48.0 Å². The largest absolute Gasteiger partial charge is 0.481 e. The lowest BCUT2D eigenvalue weighted by atomic mass is 10.0. The molecule has 150 valence electrons. The molecule has 28 heavy (non-hydrogen) atoms. The number of hydrogen-bond donors (Lipinski definition) is 2. The van der Waals surface area contributed by atoms with Gasteiger partial charge in [0.1, 0.15) is 6.04 Å². The van der Waals surface area contributed by atoms with E-state index in [9.17, 15) is 14.4 Å². The number of carboxylic acids is 1. The zero-order valence-electron chi connectivity index (χ0n) is 16.8. The number of benzene rings is 2. The first-order valence-electron chi connectivity index (χ1n) is 9.44. The van der Waals surface area contributed by atoms with Crippen LogP contribution in [-0.2, 0) is 20.8 Å². The highest BCUT2D eigenvalue weighted by atomic mass is 16.4. The lowest BCUT2D eigenvalue weighted by Crippen LogP contribution is -2.51. The Hall–Kier alpha value is -2.89. The number of carbonyl (C=O) groups excluding carboxylic acids is 2. The van der Waals surface area contributed by atoms with Crippen LogP contribution in [0.1, 0.15) is 26.3 Å². The summed E-state index contributed by atoms with van der Waals surface area (Å²) in [6.07, 6.45) is 0.177. The normalized spacial score (nSPS) is 13.2. The van der Waals surface area contributed by atoms with E-state index in [1.54, 1.807) is 14.0 Å². The fourth-order valence-electron chi connectivity index (χ4n) is 3.09. The van der Waals surface area contributed by atoms with Crippen LogP contribution in [0.15, 0.2) is 42.5 Å². The minimum atomic E-state index is -0.957. The molecule has 0 saturated carbocycles. The summed E-state index contributed by atoms with van der Waals surface area (Å²) in [5.74, 6) is -2.26. The van der Waals surface area contributed by atoms with Crippen LogP contribution in [0.4, 0.5) is 0 Å². The number of nitrogens with zero attached hydrogens (tertiary/aromatic N) is 1. The lowest BCUT2D eigenvalue weighted by Gasteiger charge is -2.28. The Labute approximate surface area is 165 Å². The highest BCUT2D eigenvalue weighted by Gasteiger charge is 2.28. The van der Waals surface area contributed by atoms with Crippen molar-refractivity contribution in [2.24, 2.45) is 11.8 Å². The van der Waals surface area contributed by atoms with Gasteiger partial charge in [-0.15, -0.1) is 0 Å². The Kier molecular flexibility index (Phi) is 7.15. The van der Waals surface area contributed by atoms with Crippen molar-refractivity contribution in [1.29, 1.82) is 0 Å². The summed E-state index contributed by atoms with van der Waals surface area (Å²) in [6.45, 7) is 5.35. The molecular weight excluding hydrogens is 356 g/mol. The van der Waals surface area contributed by atoms with Gasteiger partial charge >= 0.3 is 5.97 Å². The zero-order chi connectivity index (χ0) is 20.8. The van der Waals surface area contributed by atoms with Crippen molar-refractivity contribution < 1.29 is 19.5 Å². The van der Waals surface area contributed by atoms with Crippen molar-refractivity contribution in [1.82, 2.24) is 10.2 Å². The maximum atomic E-state index is 12.7. The maximum Gasteiger partial charge on any atom is 0.308 e. The predicted octanol–water partition coefficient (Wildman–Crippen LogP) is 2.70. The van der Waals surface area contributed by atoms with Crippen LogP contribution in [0.3, 0.4) is 0 Å². The van der Waals surface area contributed by atoms with E-state index in [0.717, 1.165) is 16.3 Å². The molecule has 2 rings (SSSR count). The highest BCUT2D eigenvalue weighted by Crippen LogP contribution is 2.16. The van der Waals surface area contributed by atoms with Crippen LogP contribution in [0, 0.1) is 11.8 Å². The Morgan fingerprint density at radius 1 is 1.04 bits per heavy atom. The number of fused-ring (bicyclic) bond motifs is 1. The first kappa shape index (κ1) is 21.4. The van der Waals surface area contributed by atoms with E-state index >= 15 is 0 Å². The summed E-state index contributed by atoms with van der Waals surface area (Å²) in [7, 11) is 1.56.